The van der Waals surface area contributed by atoms with E-state index in [1.54, 1.807) is 0 Å². The number of morpholine rings is 1. The number of aromatic nitrogens is 2. The molecule has 5 nitrogen and oxygen atoms in total. The largest absolute Gasteiger partial charge is 0.464 e. The van der Waals surface area contributed by atoms with E-state index in [0.29, 0.717) is 13.2 Å². The predicted molar refractivity (Wildman–Crippen MR) is 89.7 cm³/mol. The summed E-state index contributed by atoms with van der Waals surface area (Å²) < 4.78 is 16.0. The molecule has 1 aromatic carbocycles. The molecular formula is C17H17N3O2S. The van der Waals surface area contributed by atoms with Crippen molar-refractivity contribution < 1.29 is 9.15 Å². The summed E-state index contributed by atoms with van der Waals surface area (Å²) in [6, 6.07) is 14.1. The fourth-order valence-corrected chi connectivity index (χ4v) is 3.50. The van der Waals surface area contributed by atoms with Gasteiger partial charge in [-0.05, 0) is 19.1 Å². The van der Waals surface area contributed by atoms with Crippen LogP contribution in [-0.4, -0.2) is 29.1 Å². The van der Waals surface area contributed by atoms with Crippen LogP contribution >= 0.6 is 11.5 Å². The van der Waals surface area contributed by atoms with Gasteiger partial charge in [-0.1, -0.05) is 30.3 Å². The van der Waals surface area contributed by atoms with Gasteiger partial charge in [-0.25, -0.2) is 0 Å². The molecular weight excluding hydrogens is 310 g/mol. The van der Waals surface area contributed by atoms with Gasteiger partial charge >= 0.3 is 0 Å². The van der Waals surface area contributed by atoms with Gasteiger partial charge in [0.25, 0.3) is 0 Å². The third kappa shape index (κ3) is 2.87. The fraction of sp³-hybridized carbons (Fsp3) is 0.294. The molecule has 0 saturated carbocycles. The van der Waals surface area contributed by atoms with Crippen LogP contribution in [0.5, 0.6) is 0 Å². The van der Waals surface area contributed by atoms with Gasteiger partial charge in [-0.2, -0.15) is 9.36 Å². The number of rotatable bonds is 3. The van der Waals surface area contributed by atoms with E-state index >= 15 is 0 Å². The minimum Gasteiger partial charge on any atom is -0.464 e. The molecule has 118 valence electrons. The second-order valence-corrected chi connectivity index (χ2v) is 6.23. The van der Waals surface area contributed by atoms with E-state index in [4.69, 9.17) is 14.1 Å². The zero-order chi connectivity index (χ0) is 15.6. The minimum absolute atomic E-state index is 0.0500. The Hall–Kier alpha value is -2.18. The normalized spacial score (nSPS) is 18.3. The Morgan fingerprint density at radius 2 is 2.04 bits per heavy atom. The summed E-state index contributed by atoms with van der Waals surface area (Å²) in [6.45, 7) is 4.04. The average Bonchev–Trinajstić information content (AvgIpc) is 3.25. The van der Waals surface area contributed by atoms with Crippen LogP contribution < -0.4 is 4.90 Å². The molecule has 2 aromatic heterocycles. The second-order valence-electron chi connectivity index (χ2n) is 5.50. The van der Waals surface area contributed by atoms with Crippen molar-refractivity contribution in [1.82, 2.24) is 9.36 Å². The van der Waals surface area contributed by atoms with Gasteiger partial charge in [0.15, 0.2) is 5.82 Å². The maximum atomic E-state index is 5.80. The summed E-state index contributed by atoms with van der Waals surface area (Å²) in [5.74, 6) is 2.60. The summed E-state index contributed by atoms with van der Waals surface area (Å²) in [5.41, 5.74) is 1.04. The lowest BCUT2D eigenvalue weighted by atomic mass is 10.2. The van der Waals surface area contributed by atoms with Crippen molar-refractivity contribution in [3.8, 4) is 11.4 Å². The number of hydrogen-bond acceptors (Lipinski definition) is 6. The van der Waals surface area contributed by atoms with Crippen LogP contribution in [0.1, 0.15) is 17.6 Å². The number of ether oxygens (including phenoxy) is 1. The standard InChI is InChI=1S/C17H17N3O2S/c1-12-7-8-15(22-12)14-11-21-10-9-20(14)17-18-16(19-23-17)13-5-3-2-4-6-13/h2-8,14H,9-11H2,1H3. The summed E-state index contributed by atoms with van der Waals surface area (Å²) in [4.78, 5) is 6.95. The van der Waals surface area contributed by atoms with Crippen LogP contribution in [0.15, 0.2) is 46.9 Å². The molecule has 0 spiro atoms. The minimum atomic E-state index is 0.0500. The van der Waals surface area contributed by atoms with Crippen molar-refractivity contribution in [1.29, 1.82) is 0 Å². The molecule has 0 aliphatic carbocycles. The summed E-state index contributed by atoms with van der Waals surface area (Å²) in [7, 11) is 0. The highest BCUT2D eigenvalue weighted by molar-refractivity contribution is 7.09. The van der Waals surface area contributed by atoms with Gasteiger partial charge in [0.05, 0.1) is 13.2 Å². The number of anilines is 1. The molecule has 1 atom stereocenters. The Bertz CT molecular complexity index is 784. The van der Waals surface area contributed by atoms with Gasteiger partial charge < -0.3 is 14.1 Å². The van der Waals surface area contributed by atoms with Gasteiger partial charge in [-0.15, -0.1) is 0 Å². The molecule has 1 saturated heterocycles. The molecule has 0 radical (unpaired) electrons. The second kappa shape index (κ2) is 6.14. The molecule has 3 aromatic rings. The van der Waals surface area contributed by atoms with Crippen molar-refractivity contribution in [3.63, 3.8) is 0 Å². The lowest BCUT2D eigenvalue weighted by Crippen LogP contribution is -2.39. The Labute approximate surface area is 138 Å². The zero-order valence-corrected chi connectivity index (χ0v) is 13.6. The number of nitrogens with zero attached hydrogens (tertiary/aromatic N) is 3. The fourth-order valence-electron chi connectivity index (χ4n) is 2.74. The highest BCUT2D eigenvalue weighted by Gasteiger charge is 2.29. The van der Waals surface area contributed by atoms with E-state index in [2.05, 4.69) is 9.27 Å². The van der Waals surface area contributed by atoms with Crippen LogP contribution in [0.4, 0.5) is 5.13 Å². The van der Waals surface area contributed by atoms with Crippen LogP contribution in [-0.2, 0) is 4.74 Å². The van der Waals surface area contributed by atoms with Crippen molar-refractivity contribution in [2.24, 2.45) is 0 Å². The lowest BCUT2D eigenvalue weighted by Gasteiger charge is -2.33. The number of furan rings is 1. The maximum Gasteiger partial charge on any atom is 0.206 e. The zero-order valence-electron chi connectivity index (χ0n) is 12.8. The van der Waals surface area contributed by atoms with Crippen LogP contribution in [0.25, 0.3) is 11.4 Å². The van der Waals surface area contributed by atoms with Gasteiger partial charge in [0.1, 0.15) is 17.6 Å². The monoisotopic (exact) mass is 327 g/mol. The first-order valence-electron chi connectivity index (χ1n) is 7.61. The molecule has 3 heterocycles. The molecule has 6 heteroatoms. The van der Waals surface area contributed by atoms with E-state index in [9.17, 15) is 0 Å². The summed E-state index contributed by atoms with van der Waals surface area (Å²) in [6.07, 6.45) is 0. The highest BCUT2D eigenvalue weighted by atomic mass is 32.1. The van der Waals surface area contributed by atoms with E-state index in [1.165, 1.54) is 11.5 Å². The Morgan fingerprint density at radius 3 is 2.83 bits per heavy atom. The first kappa shape index (κ1) is 14.4. The molecule has 0 N–H and O–H groups in total. The smallest absolute Gasteiger partial charge is 0.206 e. The van der Waals surface area contributed by atoms with Crippen LogP contribution in [0.2, 0.25) is 0 Å². The predicted octanol–water partition coefficient (Wildman–Crippen LogP) is 3.68. The van der Waals surface area contributed by atoms with Gasteiger partial charge in [-0.3, -0.25) is 0 Å². The number of hydrogen-bond donors (Lipinski definition) is 0. The molecule has 1 fully saturated rings. The van der Waals surface area contributed by atoms with Crippen molar-refractivity contribution in [3.05, 3.63) is 54.0 Å². The Kier molecular flexibility index (Phi) is 3.85. The van der Waals surface area contributed by atoms with Crippen molar-refractivity contribution >= 4 is 16.7 Å². The summed E-state index contributed by atoms with van der Waals surface area (Å²) in [5, 5.41) is 0.909. The van der Waals surface area contributed by atoms with E-state index in [0.717, 1.165) is 34.6 Å². The van der Waals surface area contributed by atoms with Crippen molar-refractivity contribution in [2.75, 3.05) is 24.7 Å². The lowest BCUT2D eigenvalue weighted by molar-refractivity contribution is 0.0874. The third-order valence-corrected chi connectivity index (χ3v) is 4.66. The van der Waals surface area contributed by atoms with E-state index < -0.39 is 0 Å². The third-order valence-electron chi connectivity index (χ3n) is 3.91. The Morgan fingerprint density at radius 1 is 1.17 bits per heavy atom. The molecule has 0 bridgehead atoms. The quantitative estimate of drug-likeness (QED) is 0.734. The topological polar surface area (TPSA) is 51.4 Å². The van der Waals surface area contributed by atoms with Crippen molar-refractivity contribution in [2.45, 2.75) is 13.0 Å². The molecule has 1 aliphatic rings. The van der Waals surface area contributed by atoms with Gasteiger partial charge in [0, 0.05) is 23.6 Å². The summed E-state index contributed by atoms with van der Waals surface area (Å²) >= 11 is 1.42. The number of benzene rings is 1. The van der Waals surface area contributed by atoms with Crippen LogP contribution in [0.3, 0.4) is 0 Å². The number of aryl methyl sites for hydroxylation is 1. The SMILES string of the molecule is Cc1ccc(C2COCCN2c2nc(-c3ccccc3)ns2)o1. The first-order chi connectivity index (χ1) is 11.3. The first-order valence-corrected chi connectivity index (χ1v) is 8.38. The average molecular weight is 327 g/mol. The molecule has 0 amide bonds. The van der Waals surface area contributed by atoms with E-state index in [1.807, 2.05) is 49.4 Å². The highest BCUT2D eigenvalue weighted by Crippen LogP contribution is 2.33. The molecule has 1 aliphatic heterocycles. The molecule has 23 heavy (non-hydrogen) atoms. The maximum absolute atomic E-state index is 5.80. The molecule has 4 rings (SSSR count). The van der Waals surface area contributed by atoms with Gasteiger partial charge in [0.2, 0.25) is 5.13 Å². The Balaban J connectivity index is 1.64. The molecule has 1 unspecified atom stereocenters. The van der Waals surface area contributed by atoms with Crippen LogP contribution in [0, 0.1) is 6.92 Å². The van der Waals surface area contributed by atoms with E-state index in [-0.39, 0.29) is 6.04 Å².